The highest BCUT2D eigenvalue weighted by molar-refractivity contribution is 9.10. The first kappa shape index (κ1) is 23.9. The molecule has 0 atom stereocenters. The minimum Gasteiger partial charge on any atom is -0.457 e. The Labute approximate surface area is 218 Å². The number of rotatable bonds is 6. The Morgan fingerprint density at radius 1 is 0.811 bits per heavy atom. The number of nitrogens with zero attached hydrogens (tertiary/aromatic N) is 2. The van der Waals surface area contributed by atoms with Gasteiger partial charge < -0.3 is 10.1 Å². The first-order valence-electron chi connectivity index (χ1n) is 10.9. The maximum absolute atomic E-state index is 13.1. The Morgan fingerprint density at radius 3 is 2.03 bits per heavy atom. The van der Waals surface area contributed by atoms with Crippen molar-refractivity contribution in [3.63, 3.8) is 0 Å². The fourth-order valence-electron chi connectivity index (χ4n) is 3.79. The number of carbonyl (C=O) groups is 3. The van der Waals surface area contributed by atoms with Gasteiger partial charge in [-0.3, -0.25) is 24.5 Å². The number of imide groups is 1. The third-order valence-corrected chi connectivity index (χ3v) is 6.16. The molecule has 0 fully saturated rings. The molecule has 1 N–H and O–H groups in total. The largest absolute Gasteiger partial charge is 0.457 e. The van der Waals surface area contributed by atoms with Crippen LogP contribution in [0.4, 0.5) is 17.1 Å². The van der Waals surface area contributed by atoms with Crippen molar-refractivity contribution in [2.24, 2.45) is 0 Å². The van der Waals surface area contributed by atoms with Crippen LogP contribution in [0.25, 0.3) is 0 Å². The number of benzene rings is 4. The van der Waals surface area contributed by atoms with Crippen LogP contribution < -0.4 is 15.0 Å². The minimum atomic E-state index is -0.556. The lowest BCUT2D eigenvalue weighted by atomic mass is 10.1. The van der Waals surface area contributed by atoms with Gasteiger partial charge in [0.25, 0.3) is 23.4 Å². The molecule has 0 unspecified atom stereocenters. The van der Waals surface area contributed by atoms with Crippen molar-refractivity contribution >= 4 is 50.7 Å². The summed E-state index contributed by atoms with van der Waals surface area (Å²) in [5, 5.41) is 13.5. The number of halogens is 1. The van der Waals surface area contributed by atoms with Crippen molar-refractivity contribution < 1.29 is 24.0 Å². The minimum absolute atomic E-state index is 0.133. The average Bonchev–Trinajstić information content (AvgIpc) is 3.15. The van der Waals surface area contributed by atoms with E-state index in [4.69, 9.17) is 4.74 Å². The van der Waals surface area contributed by atoms with E-state index in [-0.39, 0.29) is 22.4 Å². The average molecular weight is 558 g/mol. The number of fused-ring (bicyclic) bond motifs is 1. The number of anilines is 2. The van der Waals surface area contributed by atoms with E-state index in [1.165, 1.54) is 42.5 Å². The zero-order valence-corrected chi connectivity index (χ0v) is 20.5. The quantitative estimate of drug-likeness (QED) is 0.171. The molecule has 0 bridgehead atoms. The van der Waals surface area contributed by atoms with Crippen LogP contribution >= 0.6 is 15.9 Å². The molecule has 0 aliphatic carbocycles. The number of nitro groups is 1. The van der Waals surface area contributed by atoms with Crippen molar-refractivity contribution in [3.05, 3.63) is 122 Å². The molecule has 10 heteroatoms. The maximum atomic E-state index is 13.1. The van der Waals surface area contributed by atoms with Gasteiger partial charge in [0.1, 0.15) is 11.5 Å². The highest BCUT2D eigenvalue weighted by Crippen LogP contribution is 2.32. The number of carbonyl (C=O) groups excluding carboxylic acids is 3. The van der Waals surface area contributed by atoms with Gasteiger partial charge in [-0.1, -0.05) is 15.9 Å². The molecule has 0 radical (unpaired) electrons. The van der Waals surface area contributed by atoms with Crippen LogP contribution in [0.5, 0.6) is 11.5 Å². The molecule has 1 aliphatic rings. The third-order valence-electron chi connectivity index (χ3n) is 5.63. The predicted octanol–water partition coefficient (Wildman–Crippen LogP) is 6.20. The summed E-state index contributed by atoms with van der Waals surface area (Å²) < 4.78 is 6.72. The SMILES string of the molecule is O=C(Nc1ccc2c(c1)C(=O)N(c1ccc(Oc3ccc(Br)cc3)cc1)C2=O)c1ccc([N+](=O)[O-])cc1. The van der Waals surface area contributed by atoms with E-state index in [0.717, 1.165) is 9.37 Å². The summed E-state index contributed by atoms with van der Waals surface area (Å²) in [5.74, 6) is -0.327. The second-order valence-electron chi connectivity index (χ2n) is 8.01. The molecule has 9 nitrogen and oxygen atoms in total. The molecule has 5 rings (SSSR count). The molecule has 0 saturated carbocycles. The fraction of sp³-hybridized carbons (Fsp3) is 0. The fourth-order valence-corrected chi connectivity index (χ4v) is 4.06. The third kappa shape index (κ3) is 4.82. The summed E-state index contributed by atoms with van der Waals surface area (Å²) >= 11 is 3.37. The normalized spacial score (nSPS) is 12.3. The van der Waals surface area contributed by atoms with E-state index in [1.807, 2.05) is 12.1 Å². The number of amides is 3. The number of nitrogens with one attached hydrogen (secondary N) is 1. The summed E-state index contributed by atoms with van der Waals surface area (Å²) in [7, 11) is 0. The van der Waals surface area contributed by atoms with Gasteiger partial charge in [-0.2, -0.15) is 0 Å². The van der Waals surface area contributed by atoms with Crippen LogP contribution in [0.15, 0.2) is 95.5 Å². The number of hydrogen-bond acceptors (Lipinski definition) is 6. The lowest BCUT2D eigenvalue weighted by Gasteiger charge is -2.14. The molecule has 4 aromatic rings. The number of ether oxygens (including phenoxy) is 1. The molecule has 1 heterocycles. The van der Waals surface area contributed by atoms with Gasteiger partial charge in [0.05, 0.1) is 21.7 Å². The maximum Gasteiger partial charge on any atom is 0.269 e. The standard InChI is InChI=1S/C27H16BrN3O6/c28-17-3-10-21(11-4-17)37-22-12-8-19(9-13-22)30-26(33)23-14-5-18(15-24(23)27(30)34)29-25(32)16-1-6-20(7-2-16)31(35)36/h1-15H,(H,29,32). The van der Waals surface area contributed by atoms with Gasteiger partial charge in [-0.15, -0.1) is 0 Å². The molecular formula is C27H16BrN3O6. The lowest BCUT2D eigenvalue weighted by molar-refractivity contribution is -0.384. The van der Waals surface area contributed by atoms with Crippen molar-refractivity contribution in [2.45, 2.75) is 0 Å². The van der Waals surface area contributed by atoms with Crippen LogP contribution in [0, 0.1) is 10.1 Å². The van der Waals surface area contributed by atoms with E-state index >= 15 is 0 Å². The van der Waals surface area contributed by atoms with Gasteiger partial charge in [0.2, 0.25) is 0 Å². The molecule has 3 amide bonds. The Hall–Kier alpha value is -4.83. The van der Waals surface area contributed by atoms with Gasteiger partial charge in [0, 0.05) is 27.9 Å². The Morgan fingerprint density at radius 2 is 1.41 bits per heavy atom. The molecular weight excluding hydrogens is 542 g/mol. The summed E-state index contributed by atoms with van der Waals surface area (Å²) in [5.41, 5.74) is 1.14. The number of hydrogen-bond donors (Lipinski definition) is 1. The number of non-ortho nitro benzene ring substituents is 1. The van der Waals surface area contributed by atoms with Gasteiger partial charge in [-0.05, 0) is 78.9 Å². The Balaban J connectivity index is 1.31. The Kier molecular flexibility index (Phi) is 6.24. The summed E-state index contributed by atoms with van der Waals surface area (Å²) in [4.78, 5) is 50.0. The second-order valence-corrected chi connectivity index (χ2v) is 8.93. The highest BCUT2D eigenvalue weighted by Gasteiger charge is 2.37. The van der Waals surface area contributed by atoms with E-state index in [0.29, 0.717) is 22.9 Å². The van der Waals surface area contributed by atoms with Crippen LogP contribution in [-0.2, 0) is 0 Å². The first-order chi connectivity index (χ1) is 17.8. The molecule has 1 aliphatic heterocycles. The molecule has 4 aromatic carbocycles. The van der Waals surface area contributed by atoms with Crippen molar-refractivity contribution in [1.29, 1.82) is 0 Å². The molecule has 0 aromatic heterocycles. The van der Waals surface area contributed by atoms with Crippen LogP contribution in [0.2, 0.25) is 0 Å². The monoisotopic (exact) mass is 557 g/mol. The van der Waals surface area contributed by atoms with E-state index in [9.17, 15) is 24.5 Å². The van der Waals surface area contributed by atoms with Gasteiger partial charge >= 0.3 is 0 Å². The van der Waals surface area contributed by atoms with Crippen molar-refractivity contribution in [3.8, 4) is 11.5 Å². The van der Waals surface area contributed by atoms with E-state index in [2.05, 4.69) is 21.2 Å². The Bertz CT molecular complexity index is 1550. The molecule has 182 valence electrons. The zero-order valence-electron chi connectivity index (χ0n) is 18.9. The van der Waals surface area contributed by atoms with E-state index in [1.54, 1.807) is 36.4 Å². The van der Waals surface area contributed by atoms with Gasteiger partial charge in [-0.25, -0.2) is 4.90 Å². The molecule has 37 heavy (non-hydrogen) atoms. The second kappa shape index (κ2) is 9.67. The first-order valence-corrected chi connectivity index (χ1v) is 11.7. The van der Waals surface area contributed by atoms with Crippen molar-refractivity contribution in [2.75, 3.05) is 10.2 Å². The van der Waals surface area contributed by atoms with Crippen LogP contribution in [0.1, 0.15) is 31.1 Å². The predicted molar refractivity (Wildman–Crippen MR) is 139 cm³/mol. The van der Waals surface area contributed by atoms with E-state index < -0.39 is 22.6 Å². The van der Waals surface area contributed by atoms with Crippen LogP contribution in [-0.4, -0.2) is 22.6 Å². The van der Waals surface area contributed by atoms with Gasteiger partial charge in [0.15, 0.2) is 0 Å². The highest BCUT2D eigenvalue weighted by atomic mass is 79.9. The molecule has 0 spiro atoms. The topological polar surface area (TPSA) is 119 Å². The summed E-state index contributed by atoms with van der Waals surface area (Å²) in [6, 6.07) is 23.4. The van der Waals surface area contributed by atoms with Crippen molar-refractivity contribution in [1.82, 2.24) is 0 Å². The van der Waals surface area contributed by atoms with Crippen LogP contribution in [0.3, 0.4) is 0 Å². The molecule has 0 saturated heterocycles. The summed E-state index contributed by atoms with van der Waals surface area (Å²) in [6.07, 6.45) is 0. The number of nitro benzene ring substituents is 1. The smallest absolute Gasteiger partial charge is 0.269 e. The zero-order chi connectivity index (χ0) is 26.1. The lowest BCUT2D eigenvalue weighted by Crippen LogP contribution is -2.29. The summed E-state index contributed by atoms with van der Waals surface area (Å²) in [6.45, 7) is 0.